The van der Waals surface area contributed by atoms with Crippen LogP contribution >= 0.6 is 11.9 Å². The Balaban J connectivity index is 1.13. The largest absolute Gasteiger partial charge is 0.336 e. The number of nitriles is 1. The van der Waals surface area contributed by atoms with E-state index in [1.807, 2.05) is 59.6 Å². The molecule has 0 atom stereocenters. The summed E-state index contributed by atoms with van der Waals surface area (Å²) in [5.74, 6) is 0.0775. The molecule has 1 saturated heterocycles. The van der Waals surface area contributed by atoms with Gasteiger partial charge in [-0.1, -0.05) is 24.3 Å². The zero-order chi connectivity index (χ0) is 24.0. The molecule has 5 rings (SSSR count). The number of benzene rings is 3. The zero-order valence-corrected chi connectivity index (χ0v) is 20.3. The standard InChI is InChI=1S/C28H27N5OS/c29-19-21-6-8-22(9-7-21)20-32-15-17-33(18-16-32)28(34)24-10-12-25(13-11-24)31-35-26-5-1-3-23-4-2-14-30-27(23)26/h1,3,5-14,31H,2,4,15-18,20H2. The molecule has 0 saturated carbocycles. The third-order valence-electron chi connectivity index (χ3n) is 6.41. The summed E-state index contributed by atoms with van der Waals surface area (Å²) in [5.41, 5.74) is 5.88. The predicted molar refractivity (Wildman–Crippen MR) is 141 cm³/mol. The second-order valence-corrected chi connectivity index (χ2v) is 9.62. The first kappa shape index (κ1) is 23.2. The fourth-order valence-electron chi connectivity index (χ4n) is 4.40. The summed E-state index contributed by atoms with van der Waals surface area (Å²) < 4.78 is 3.39. The maximum atomic E-state index is 13.0. The van der Waals surface area contributed by atoms with Crippen LogP contribution < -0.4 is 4.72 Å². The van der Waals surface area contributed by atoms with Crippen LogP contribution in [0.4, 0.5) is 11.4 Å². The zero-order valence-electron chi connectivity index (χ0n) is 19.5. The van der Waals surface area contributed by atoms with Crippen molar-refractivity contribution in [2.75, 3.05) is 30.9 Å². The molecule has 0 spiro atoms. The molecular formula is C28H27N5OS. The van der Waals surface area contributed by atoms with Crippen LogP contribution in [0.25, 0.3) is 0 Å². The Morgan fingerprint density at radius 2 is 1.77 bits per heavy atom. The molecule has 0 bridgehead atoms. The molecule has 0 radical (unpaired) electrons. The number of anilines is 1. The maximum Gasteiger partial charge on any atom is 0.253 e. The van der Waals surface area contributed by atoms with Crippen molar-refractivity contribution in [2.45, 2.75) is 24.3 Å². The van der Waals surface area contributed by atoms with E-state index in [4.69, 9.17) is 5.26 Å². The molecule has 2 heterocycles. The lowest BCUT2D eigenvalue weighted by Crippen LogP contribution is -2.48. The molecule has 7 heteroatoms. The van der Waals surface area contributed by atoms with E-state index in [1.165, 1.54) is 11.1 Å². The number of aliphatic imine (C=N–C) groups is 1. The highest BCUT2D eigenvalue weighted by Gasteiger charge is 2.22. The average Bonchev–Trinajstić information content (AvgIpc) is 2.92. The number of nitrogens with zero attached hydrogens (tertiary/aromatic N) is 4. The van der Waals surface area contributed by atoms with Crippen LogP contribution in [-0.4, -0.2) is 48.1 Å². The van der Waals surface area contributed by atoms with Gasteiger partial charge in [0.15, 0.2) is 0 Å². The molecule has 3 aromatic rings. The van der Waals surface area contributed by atoms with Gasteiger partial charge in [0.1, 0.15) is 0 Å². The van der Waals surface area contributed by atoms with Crippen molar-refractivity contribution in [3.8, 4) is 6.07 Å². The fourth-order valence-corrected chi connectivity index (χ4v) is 5.19. The Labute approximate surface area is 210 Å². The summed E-state index contributed by atoms with van der Waals surface area (Å²) in [6, 6.07) is 23.9. The second-order valence-electron chi connectivity index (χ2n) is 8.77. The number of nitrogens with one attached hydrogen (secondary N) is 1. The van der Waals surface area contributed by atoms with Crippen LogP contribution in [0.15, 0.2) is 76.6 Å². The minimum absolute atomic E-state index is 0.0775. The highest BCUT2D eigenvalue weighted by molar-refractivity contribution is 8.00. The van der Waals surface area contributed by atoms with Gasteiger partial charge in [0.25, 0.3) is 5.91 Å². The van der Waals surface area contributed by atoms with Gasteiger partial charge in [0.05, 0.1) is 22.2 Å². The molecule has 6 nitrogen and oxygen atoms in total. The first-order chi connectivity index (χ1) is 17.2. The number of para-hydroxylation sites is 1. The van der Waals surface area contributed by atoms with Crippen molar-refractivity contribution in [1.82, 2.24) is 9.80 Å². The Morgan fingerprint density at radius 1 is 1.00 bits per heavy atom. The number of hydrogen-bond donors (Lipinski definition) is 1. The van der Waals surface area contributed by atoms with Crippen LogP contribution in [0, 0.1) is 11.3 Å². The summed E-state index contributed by atoms with van der Waals surface area (Å²) >= 11 is 1.55. The molecule has 176 valence electrons. The van der Waals surface area contributed by atoms with E-state index in [9.17, 15) is 4.79 Å². The van der Waals surface area contributed by atoms with Gasteiger partial charge in [-0.2, -0.15) is 5.26 Å². The van der Waals surface area contributed by atoms with Crippen molar-refractivity contribution in [2.24, 2.45) is 4.99 Å². The summed E-state index contributed by atoms with van der Waals surface area (Å²) in [7, 11) is 0. The molecule has 1 amide bonds. The van der Waals surface area contributed by atoms with E-state index in [0.717, 1.165) is 48.7 Å². The predicted octanol–water partition coefficient (Wildman–Crippen LogP) is 5.28. The quantitative estimate of drug-likeness (QED) is 0.485. The number of piperazine rings is 1. The first-order valence-electron chi connectivity index (χ1n) is 11.9. The van der Waals surface area contributed by atoms with Gasteiger partial charge in [-0.15, -0.1) is 0 Å². The summed E-state index contributed by atoms with van der Waals surface area (Å²) in [6.45, 7) is 3.94. The van der Waals surface area contributed by atoms with Gasteiger partial charge in [-0.05, 0) is 78.4 Å². The number of amides is 1. The third-order valence-corrected chi connectivity index (χ3v) is 7.29. The number of aryl methyl sites for hydroxylation is 1. The number of hydrogen-bond acceptors (Lipinski definition) is 6. The van der Waals surface area contributed by atoms with Crippen LogP contribution in [-0.2, 0) is 13.0 Å². The van der Waals surface area contributed by atoms with Gasteiger partial charge in [-0.3, -0.25) is 14.7 Å². The van der Waals surface area contributed by atoms with Gasteiger partial charge >= 0.3 is 0 Å². The molecule has 2 aliphatic rings. The normalized spacial score (nSPS) is 15.3. The SMILES string of the molecule is N#Cc1ccc(CN2CCN(C(=O)c3ccc(NSc4cccc5c4N=CCC5)cc3)CC2)cc1. The van der Waals surface area contributed by atoms with Gasteiger partial charge in [0.2, 0.25) is 0 Å². The Morgan fingerprint density at radius 3 is 2.51 bits per heavy atom. The minimum Gasteiger partial charge on any atom is -0.336 e. The van der Waals surface area contributed by atoms with E-state index in [2.05, 4.69) is 38.9 Å². The average molecular weight is 482 g/mol. The van der Waals surface area contributed by atoms with Crippen molar-refractivity contribution in [1.29, 1.82) is 5.26 Å². The lowest BCUT2D eigenvalue weighted by molar-refractivity contribution is 0.0628. The number of fused-ring (bicyclic) bond motifs is 1. The van der Waals surface area contributed by atoms with Gasteiger partial charge in [0, 0.05) is 50.2 Å². The summed E-state index contributed by atoms with van der Waals surface area (Å²) in [6.07, 6.45) is 4.02. The molecule has 0 aromatic heterocycles. The van der Waals surface area contributed by atoms with Crippen molar-refractivity contribution in [3.63, 3.8) is 0 Å². The Hall–Kier alpha value is -3.60. The van der Waals surface area contributed by atoms with Crippen LogP contribution in [0.1, 0.15) is 33.5 Å². The van der Waals surface area contributed by atoms with Crippen molar-refractivity contribution in [3.05, 3.63) is 89.0 Å². The molecule has 2 aliphatic heterocycles. The molecule has 0 unspecified atom stereocenters. The van der Waals surface area contributed by atoms with E-state index >= 15 is 0 Å². The van der Waals surface area contributed by atoms with E-state index in [0.29, 0.717) is 24.2 Å². The monoisotopic (exact) mass is 481 g/mol. The van der Waals surface area contributed by atoms with E-state index in [-0.39, 0.29) is 5.91 Å². The van der Waals surface area contributed by atoms with Crippen molar-refractivity contribution >= 4 is 35.4 Å². The lowest BCUT2D eigenvalue weighted by atomic mass is 10.1. The van der Waals surface area contributed by atoms with Crippen LogP contribution in [0.2, 0.25) is 0 Å². The number of carbonyl (C=O) groups excluding carboxylic acids is 1. The van der Waals surface area contributed by atoms with Crippen molar-refractivity contribution < 1.29 is 4.79 Å². The summed E-state index contributed by atoms with van der Waals surface area (Å²) in [5, 5.41) is 8.95. The second kappa shape index (κ2) is 10.8. The van der Waals surface area contributed by atoms with Gasteiger partial charge in [-0.25, -0.2) is 0 Å². The topological polar surface area (TPSA) is 71.7 Å². The smallest absolute Gasteiger partial charge is 0.253 e. The third kappa shape index (κ3) is 5.56. The number of carbonyl (C=O) groups is 1. The Kier molecular flexibility index (Phi) is 7.12. The molecule has 1 fully saturated rings. The minimum atomic E-state index is 0.0775. The molecule has 0 aliphatic carbocycles. The lowest BCUT2D eigenvalue weighted by Gasteiger charge is -2.34. The van der Waals surface area contributed by atoms with E-state index < -0.39 is 0 Å². The molecular weight excluding hydrogens is 454 g/mol. The maximum absolute atomic E-state index is 13.0. The molecule has 3 aromatic carbocycles. The highest BCUT2D eigenvalue weighted by Crippen LogP contribution is 2.35. The van der Waals surface area contributed by atoms with Gasteiger partial charge < -0.3 is 9.62 Å². The number of rotatable bonds is 6. The molecule has 35 heavy (non-hydrogen) atoms. The van der Waals surface area contributed by atoms with Crippen LogP contribution in [0.3, 0.4) is 0 Å². The molecule has 1 N–H and O–H groups in total. The highest BCUT2D eigenvalue weighted by atomic mass is 32.2. The van der Waals surface area contributed by atoms with E-state index in [1.54, 1.807) is 11.9 Å². The first-order valence-corrected chi connectivity index (χ1v) is 12.7. The fraction of sp³-hybridized carbons (Fsp3) is 0.250. The van der Waals surface area contributed by atoms with Crippen LogP contribution in [0.5, 0.6) is 0 Å². The summed E-state index contributed by atoms with van der Waals surface area (Å²) in [4.78, 5) is 23.0. The Bertz CT molecular complexity index is 1260.